The van der Waals surface area contributed by atoms with E-state index in [0.717, 1.165) is 4.90 Å². The van der Waals surface area contributed by atoms with Crippen molar-refractivity contribution in [2.75, 3.05) is 9.62 Å². The molecule has 2 amide bonds. The molecule has 0 fully saturated rings. The third kappa shape index (κ3) is 2.98. The molecule has 0 saturated heterocycles. The molecule has 7 heteroatoms. The smallest absolute Gasteiger partial charge is 0.266 e. The molecule has 6 nitrogen and oxygen atoms in total. The molecule has 4 rings (SSSR count). The van der Waals surface area contributed by atoms with E-state index in [2.05, 4.69) is 4.72 Å². The molecule has 134 valence electrons. The molecule has 27 heavy (non-hydrogen) atoms. The van der Waals surface area contributed by atoms with Crippen molar-refractivity contribution in [1.82, 2.24) is 0 Å². The SMILES string of the molecule is O=C1c2ccc(S(=O)(=O)Nc3ccccc3)cc2C(=O)N1c1ccccc1. The highest BCUT2D eigenvalue weighted by Gasteiger charge is 2.37. The van der Waals surface area contributed by atoms with Gasteiger partial charge in [-0.15, -0.1) is 0 Å². The fraction of sp³-hybridized carbons (Fsp3) is 0. The average molecular weight is 378 g/mol. The Hall–Kier alpha value is -3.45. The van der Waals surface area contributed by atoms with Gasteiger partial charge in [-0.1, -0.05) is 36.4 Å². The summed E-state index contributed by atoms with van der Waals surface area (Å²) in [5.41, 5.74) is 1.10. The molecule has 1 heterocycles. The highest BCUT2D eigenvalue weighted by atomic mass is 32.2. The minimum absolute atomic E-state index is 0.0692. The predicted molar refractivity (Wildman–Crippen MR) is 101 cm³/mol. The second-order valence-electron chi connectivity index (χ2n) is 5.96. The largest absolute Gasteiger partial charge is 0.280 e. The summed E-state index contributed by atoms with van der Waals surface area (Å²) >= 11 is 0. The van der Waals surface area contributed by atoms with Crippen LogP contribution in [-0.4, -0.2) is 20.2 Å². The number of nitrogens with one attached hydrogen (secondary N) is 1. The van der Waals surface area contributed by atoms with Crippen LogP contribution in [0.2, 0.25) is 0 Å². The molecule has 3 aromatic rings. The van der Waals surface area contributed by atoms with E-state index in [0.29, 0.717) is 11.4 Å². The molecule has 3 aromatic carbocycles. The molecular formula is C20H14N2O4S. The van der Waals surface area contributed by atoms with E-state index in [-0.39, 0.29) is 16.0 Å². The number of anilines is 2. The number of hydrogen-bond acceptors (Lipinski definition) is 4. The molecule has 0 spiro atoms. The van der Waals surface area contributed by atoms with Crippen molar-refractivity contribution >= 4 is 33.2 Å². The van der Waals surface area contributed by atoms with Gasteiger partial charge in [0.2, 0.25) is 0 Å². The number of carbonyl (C=O) groups is 2. The Balaban J connectivity index is 1.71. The second kappa shape index (κ2) is 6.37. The molecular weight excluding hydrogens is 364 g/mol. The molecule has 0 aromatic heterocycles. The summed E-state index contributed by atoms with van der Waals surface area (Å²) in [6.07, 6.45) is 0. The van der Waals surface area contributed by atoms with Crippen molar-refractivity contribution in [3.05, 3.63) is 90.0 Å². The van der Waals surface area contributed by atoms with Crippen LogP contribution in [0.3, 0.4) is 0 Å². The van der Waals surface area contributed by atoms with Crippen LogP contribution in [0.15, 0.2) is 83.8 Å². The number of nitrogens with zero attached hydrogens (tertiary/aromatic N) is 1. The van der Waals surface area contributed by atoms with Gasteiger partial charge in [0.05, 0.1) is 21.7 Å². The van der Waals surface area contributed by atoms with E-state index in [1.165, 1.54) is 18.2 Å². The van der Waals surface area contributed by atoms with Gasteiger partial charge in [-0.2, -0.15) is 0 Å². The first kappa shape index (κ1) is 17.0. The van der Waals surface area contributed by atoms with Crippen molar-refractivity contribution in [2.24, 2.45) is 0 Å². The van der Waals surface area contributed by atoms with Crippen LogP contribution in [0, 0.1) is 0 Å². The van der Waals surface area contributed by atoms with Gasteiger partial charge in [-0.05, 0) is 42.5 Å². The summed E-state index contributed by atoms with van der Waals surface area (Å²) in [7, 11) is -3.89. The lowest BCUT2D eigenvalue weighted by Gasteiger charge is -2.13. The summed E-state index contributed by atoms with van der Waals surface area (Å²) in [6, 6.07) is 20.9. The van der Waals surface area contributed by atoms with Gasteiger partial charge in [0.1, 0.15) is 0 Å². The number of hydrogen-bond donors (Lipinski definition) is 1. The zero-order valence-corrected chi connectivity index (χ0v) is 14.8. The number of rotatable bonds is 4. The maximum Gasteiger partial charge on any atom is 0.266 e. The fourth-order valence-corrected chi connectivity index (χ4v) is 4.00. The van der Waals surface area contributed by atoms with Crippen molar-refractivity contribution in [3.63, 3.8) is 0 Å². The highest BCUT2D eigenvalue weighted by molar-refractivity contribution is 7.92. The minimum atomic E-state index is -3.89. The first-order valence-electron chi connectivity index (χ1n) is 8.13. The molecule has 1 aliphatic rings. The molecule has 0 atom stereocenters. The van der Waals surface area contributed by atoms with Gasteiger partial charge in [-0.25, -0.2) is 13.3 Å². The van der Waals surface area contributed by atoms with Gasteiger partial charge in [0.25, 0.3) is 21.8 Å². The van der Waals surface area contributed by atoms with E-state index in [1.54, 1.807) is 60.7 Å². The lowest BCUT2D eigenvalue weighted by atomic mass is 10.1. The Kier molecular flexibility index (Phi) is 4.01. The van der Waals surface area contributed by atoms with Gasteiger partial charge in [-0.3, -0.25) is 14.3 Å². The van der Waals surface area contributed by atoms with E-state index >= 15 is 0 Å². The third-order valence-corrected chi connectivity index (χ3v) is 5.59. The Morgan fingerprint density at radius 1 is 0.704 bits per heavy atom. The van der Waals surface area contributed by atoms with Crippen LogP contribution < -0.4 is 9.62 Å². The average Bonchev–Trinajstić information content (AvgIpc) is 2.93. The molecule has 0 radical (unpaired) electrons. The van der Waals surface area contributed by atoms with Gasteiger partial charge in [0, 0.05) is 5.69 Å². The summed E-state index contributed by atoms with van der Waals surface area (Å²) in [4.78, 5) is 26.3. The Bertz CT molecular complexity index is 1140. The highest BCUT2D eigenvalue weighted by Crippen LogP contribution is 2.30. The quantitative estimate of drug-likeness (QED) is 0.706. The Labute approximate surface area is 156 Å². The Morgan fingerprint density at radius 3 is 1.96 bits per heavy atom. The molecule has 0 unspecified atom stereocenters. The summed E-state index contributed by atoms with van der Waals surface area (Å²) in [5.74, 6) is -1.01. The molecule has 0 bridgehead atoms. The molecule has 0 saturated carbocycles. The summed E-state index contributed by atoms with van der Waals surface area (Å²) < 4.78 is 27.7. The zero-order chi connectivity index (χ0) is 19.0. The first-order chi connectivity index (χ1) is 13.0. The van der Waals surface area contributed by atoms with Crippen LogP contribution in [0.5, 0.6) is 0 Å². The van der Waals surface area contributed by atoms with Crippen LogP contribution >= 0.6 is 0 Å². The minimum Gasteiger partial charge on any atom is -0.280 e. The summed E-state index contributed by atoms with van der Waals surface area (Å²) in [5, 5.41) is 0. The monoisotopic (exact) mass is 378 g/mol. The lowest BCUT2D eigenvalue weighted by molar-refractivity contribution is 0.0926. The Morgan fingerprint density at radius 2 is 1.30 bits per heavy atom. The fourth-order valence-electron chi connectivity index (χ4n) is 2.92. The number of para-hydroxylation sites is 2. The summed E-state index contributed by atoms with van der Waals surface area (Å²) in [6.45, 7) is 0. The van der Waals surface area contributed by atoms with E-state index in [4.69, 9.17) is 0 Å². The van der Waals surface area contributed by atoms with E-state index in [9.17, 15) is 18.0 Å². The zero-order valence-electron chi connectivity index (χ0n) is 14.0. The van der Waals surface area contributed by atoms with Gasteiger partial charge >= 0.3 is 0 Å². The number of benzene rings is 3. The topological polar surface area (TPSA) is 83.5 Å². The number of fused-ring (bicyclic) bond motifs is 1. The molecule has 0 aliphatic carbocycles. The number of sulfonamides is 1. The third-order valence-electron chi connectivity index (χ3n) is 4.21. The number of imide groups is 1. The van der Waals surface area contributed by atoms with Crippen LogP contribution in [0.25, 0.3) is 0 Å². The van der Waals surface area contributed by atoms with E-state index < -0.39 is 21.8 Å². The van der Waals surface area contributed by atoms with Crippen LogP contribution in [-0.2, 0) is 10.0 Å². The first-order valence-corrected chi connectivity index (χ1v) is 9.61. The van der Waals surface area contributed by atoms with Crippen molar-refractivity contribution in [1.29, 1.82) is 0 Å². The van der Waals surface area contributed by atoms with Crippen LogP contribution in [0.1, 0.15) is 20.7 Å². The molecule has 1 aliphatic heterocycles. The second-order valence-corrected chi connectivity index (χ2v) is 7.64. The maximum atomic E-state index is 12.7. The molecule has 1 N–H and O–H groups in total. The van der Waals surface area contributed by atoms with Gasteiger partial charge in [0.15, 0.2) is 0 Å². The standard InChI is InChI=1S/C20H14N2O4S/c23-19-17-12-11-16(27(25,26)21-14-7-3-1-4-8-14)13-18(17)20(24)22(19)15-9-5-2-6-10-15/h1-13,21H. The lowest BCUT2D eigenvalue weighted by Crippen LogP contribution is -2.29. The normalized spacial score (nSPS) is 13.6. The van der Waals surface area contributed by atoms with Crippen molar-refractivity contribution in [2.45, 2.75) is 4.90 Å². The van der Waals surface area contributed by atoms with E-state index in [1.807, 2.05) is 0 Å². The van der Waals surface area contributed by atoms with Crippen LogP contribution in [0.4, 0.5) is 11.4 Å². The predicted octanol–water partition coefficient (Wildman–Crippen LogP) is 3.29. The van der Waals surface area contributed by atoms with Crippen molar-refractivity contribution < 1.29 is 18.0 Å². The number of amides is 2. The number of carbonyl (C=O) groups excluding carboxylic acids is 2. The maximum absolute atomic E-state index is 12.7. The van der Waals surface area contributed by atoms with Gasteiger partial charge < -0.3 is 0 Å². The van der Waals surface area contributed by atoms with Crippen molar-refractivity contribution in [3.8, 4) is 0 Å².